The summed E-state index contributed by atoms with van der Waals surface area (Å²) in [4.78, 5) is 6.46. The molecule has 17 heavy (non-hydrogen) atoms. The molecule has 0 aliphatic heterocycles. The van der Waals surface area contributed by atoms with Gasteiger partial charge in [0.05, 0.1) is 13.7 Å². The summed E-state index contributed by atoms with van der Waals surface area (Å²) in [6.45, 7) is 0.562. The van der Waals surface area contributed by atoms with Crippen LogP contribution in [0, 0.1) is 0 Å². The normalized spacial score (nSPS) is 15.8. The van der Waals surface area contributed by atoms with E-state index >= 15 is 0 Å². The molecular formula is C13H19N3O. The lowest BCUT2D eigenvalue weighted by molar-refractivity contribution is 0.409. The maximum Gasteiger partial charge on any atom is 0.191 e. The first kappa shape index (κ1) is 11.8. The minimum Gasteiger partial charge on any atom is -0.496 e. The van der Waals surface area contributed by atoms with Crippen molar-refractivity contribution in [1.82, 2.24) is 4.90 Å². The maximum absolute atomic E-state index is 5.93. The number of hydrogen-bond donors (Lipinski definition) is 1. The molecule has 0 heterocycles. The van der Waals surface area contributed by atoms with Crippen LogP contribution in [-0.4, -0.2) is 31.1 Å². The van der Waals surface area contributed by atoms with Gasteiger partial charge in [-0.1, -0.05) is 18.2 Å². The number of hydrogen-bond acceptors (Lipinski definition) is 2. The van der Waals surface area contributed by atoms with Crippen molar-refractivity contribution in [3.8, 4) is 5.75 Å². The predicted molar refractivity (Wildman–Crippen MR) is 69.1 cm³/mol. The SMILES string of the molecule is COc1ccccc1CN=C(N)N(C)C1CC1. The van der Waals surface area contributed by atoms with Crippen LogP contribution in [0.15, 0.2) is 29.3 Å². The molecule has 0 unspecified atom stereocenters. The van der Waals surface area contributed by atoms with Crippen LogP contribution in [0.3, 0.4) is 0 Å². The third-order valence-corrected chi connectivity index (χ3v) is 3.06. The highest BCUT2D eigenvalue weighted by Gasteiger charge is 2.27. The second kappa shape index (κ2) is 5.08. The highest BCUT2D eigenvalue weighted by molar-refractivity contribution is 5.78. The van der Waals surface area contributed by atoms with Crippen molar-refractivity contribution in [1.29, 1.82) is 0 Å². The molecule has 1 fully saturated rings. The van der Waals surface area contributed by atoms with Gasteiger partial charge < -0.3 is 15.4 Å². The zero-order chi connectivity index (χ0) is 12.3. The van der Waals surface area contributed by atoms with Gasteiger partial charge in [-0.2, -0.15) is 0 Å². The molecule has 4 nitrogen and oxygen atoms in total. The minimum atomic E-state index is 0.562. The quantitative estimate of drug-likeness (QED) is 0.635. The van der Waals surface area contributed by atoms with E-state index in [0.29, 0.717) is 18.5 Å². The summed E-state index contributed by atoms with van der Waals surface area (Å²) in [5.74, 6) is 1.47. The van der Waals surface area contributed by atoms with Gasteiger partial charge in [0.2, 0.25) is 0 Å². The average Bonchev–Trinajstić information content (AvgIpc) is 3.19. The minimum absolute atomic E-state index is 0.562. The van der Waals surface area contributed by atoms with E-state index in [2.05, 4.69) is 9.89 Å². The van der Waals surface area contributed by atoms with Gasteiger partial charge in [-0.3, -0.25) is 0 Å². The molecule has 1 aliphatic carbocycles. The Kier molecular flexibility index (Phi) is 3.52. The third kappa shape index (κ3) is 2.90. The Bertz CT molecular complexity index is 413. The van der Waals surface area contributed by atoms with Crippen LogP contribution in [0.5, 0.6) is 5.75 Å². The largest absolute Gasteiger partial charge is 0.496 e. The van der Waals surface area contributed by atoms with Crippen LogP contribution < -0.4 is 10.5 Å². The molecule has 92 valence electrons. The lowest BCUT2D eigenvalue weighted by Crippen LogP contribution is -2.35. The fraction of sp³-hybridized carbons (Fsp3) is 0.462. The molecule has 4 heteroatoms. The maximum atomic E-state index is 5.93. The Morgan fingerprint density at radius 1 is 1.47 bits per heavy atom. The summed E-state index contributed by atoms with van der Waals surface area (Å²) in [6.07, 6.45) is 2.45. The van der Waals surface area contributed by atoms with E-state index in [4.69, 9.17) is 10.5 Å². The van der Waals surface area contributed by atoms with Crippen LogP contribution in [0.1, 0.15) is 18.4 Å². The Morgan fingerprint density at radius 3 is 2.82 bits per heavy atom. The summed E-state index contributed by atoms with van der Waals surface area (Å²) in [5, 5.41) is 0. The molecule has 0 saturated heterocycles. The van der Waals surface area contributed by atoms with Gasteiger partial charge in [-0.05, 0) is 18.9 Å². The molecule has 0 aromatic heterocycles. The van der Waals surface area contributed by atoms with Crippen LogP contribution in [0.2, 0.25) is 0 Å². The molecule has 1 aromatic carbocycles. The highest BCUT2D eigenvalue weighted by atomic mass is 16.5. The van der Waals surface area contributed by atoms with E-state index in [0.717, 1.165) is 11.3 Å². The van der Waals surface area contributed by atoms with Crippen molar-refractivity contribution < 1.29 is 4.74 Å². The van der Waals surface area contributed by atoms with Gasteiger partial charge in [-0.15, -0.1) is 0 Å². The molecule has 2 N–H and O–H groups in total. The Morgan fingerprint density at radius 2 is 2.18 bits per heavy atom. The van der Waals surface area contributed by atoms with Gasteiger partial charge in [-0.25, -0.2) is 4.99 Å². The van der Waals surface area contributed by atoms with E-state index in [1.165, 1.54) is 12.8 Å². The Hall–Kier alpha value is -1.71. The average molecular weight is 233 g/mol. The standard InChI is InChI=1S/C13H19N3O/c1-16(11-7-8-11)13(14)15-9-10-5-3-4-6-12(10)17-2/h3-6,11H,7-9H2,1-2H3,(H2,14,15). The first-order valence-corrected chi connectivity index (χ1v) is 5.87. The first-order chi connectivity index (χ1) is 8.22. The molecule has 1 aliphatic rings. The number of guanidine groups is 1. The van der Waals surface area contributed by atoms with E-state index in [1.807, 2.05) is 31.3 Å². The Balaban J connectivity index is 2.02. The van der Waals surface area contributed by atoms with Crippen molar-refractivity contribution in [2.45, 2.75) is 25.4 Å². The zero-order valence-electron chi connectivity index (χ0n) is 10.4. The molecule has 0 radical (unpaired) electrons. The van der Waals surface area contributed by atoms with E-state index in [1.54, 1.807) is 7.11 Å². The summed E-state index contributed by atoms with van der Waals surface area (Å²) in [7, 11) is 3.67. The molecular weight excluding hydrogens is 214 g/mol. The highest BCUT2D eigenvalue weighted by Crippen LogP contribution is 2.25. The second-order valence-corrected chi connectivity index (χ2v) is 4.33. The molecule has 2 rings (SSSR count). The fourth-order valence-electron chi connectivity index (χ4n) is 1.76. The Labute approximate surface area is 102 Å². The lowest BCUT2D eigenvalue weighted by Gasteiger charge is -2.17. The number of para-hydroxylation sites is 1. The number of nitrogens with two attached hydrogens (primary N) is 1. The number of rotatable bonds is 4. The first-order valence-electron chi connectivity index (χ1n) is 5.87. The second-order valence-electron chi connectivity index (χ2n) is 4.33. The van der Waals surface area contributed by atoms with Crippen molar-refractivity contribution in [2.24, 2.45) is 10.7 Å². The van der Waals surface area contributed by atoms with Gasteiger partial charge >= 0.3 is 0 Å². The summed E-state index contributed by atoms with van der Waals surface area (Å²) in [6, 6.07) is 8.47. The van der Waals surface area contributed by atoms with Crippen LogP contribution in [0.4, 0.5) is 0 Å². The lowest BCUT2D eigenvalue weighted by atomic mass is 10.2. The number of benzene rings is 1. The van der Waals surface area contributed by atoms with Gasteiger partial charge in [0.1, 0.15) is 5.75 Å². The van der Waals surface area contributed by atoms with Gasteiger partial charge in [0.25, 0.3) is 0 Å². The predicted octanol–water partition coefficient (Wildman–Crippen LogP) is 1.60. The number of ether oxygens (including phenoxy) is 1. The van der Waals surface area contributed by atoms with Crippen molar-refractivity contribution >= 4 is 5.96 Å². The topological polar surface area (TPSA) is 50.9 Å². The summed E-state index contributed by atoms with van der Waals surface area (Å²) in [5.41, 5.74) is 6.99. The molecule has 0 atom stereocenters. The third-order valence-electron chi connectivity index (χ3n) is 3.06. The molecule has 0 bridgehead atoms. The fourth-order valence-corrected chi connectivity index (χ4v) is 1.76. The number of nitrogens with zero attached hydrogens (tertiary/aromatic N) is 2. The summed E-state index contributed by atoms with van der Waals surface area (Å²) >= 11 is 0. The molecule has 0 spiro atoms. The molecule has 1 aromatic rings. The molecule has 0 amide bonds. The molecule has 1 saturated carbocycles. The van der Waals surface area contributed by atoms with Crippen LogP contribution in [0.25, 0.3) is 0 Å². The van der Waals surface area contributed by atoms with E-state index < -0.39 is 0 Å². The number of aliphatic imine (C=N–C) groups is 1. The summed E-state index contributed by atoms with van der Waals surface area (Å²) < 4.78 is 5.27. The number of methoxy groups -OCH3 is 1. The van der Waals surface area contributed by atoms with Gasteiger partial charge in [0.15, 0.2) is 5.96 Å². The van der Waals surface area contributed by atoms with E-state index in [-0.39, 0.29) is 0 Å². The zero-order valence-corrected chi connectivity index (χ0v) is 10.4. The van der Waals surface area contributed by atoms with Crippen molar-refractivity contribution in [3.63, 3.8) is 0 Å². The van der Waals surface area contributed by atoms with Crippen LogP contribution >= 0.6 is 0 Å². The smallest absolute Gasteiger partial charge is 0.191 e. The monoisotopic (exact) mass is 233 g/mol. The van der Waals surface area contributed by atoms with Crippen LogP contribution in [-0.2, 0) is 6.54 Å². The van der Waals surface area contributed by atoms with Crippen molar-refractivity contribution in [2.75, 3.05) is 14.2 Å². The van der Waals surface area contributed by atoms with Gasteiger partial charge in [0, 0.05) is 18.7 Å². The van der Waals surface area contributed by atoms with E-state index in [9.17, 15) is 0 Å². The van der Waals surface area contributed by atoms with Crippen molar-refractivity contribution in [3.05, 3.63) is 29.8 Å².